The average Bonchev–Trinajstić information content (AvgIpc) is 1.32. The van der Waals surface area contributed by atoms with Gasteiger partial charge in [0.1, 0.15) is 41.9 Å². The number of nitrogens with one attached hydrogen (secondary N) is 10. The van der Waals surface area contributed by atoms with Gasteiger partial charge in [-0.05, 0) is 167 Å². The van der Waals surface area contributed by atoms with Crippen LogP contribution < -0.4 is 58.9 Å². The molecule has 0 bridgehead atoms. The number of carboxylic acid groups (broad SMARTS) is 1. The Labute approximate surface area is 745 Å². The second-order valence-corrected chi connectivity index (χ2v) is 31.6. The highest BCUT2D eigenvalue weighted by Crippen LogP contribution is 2.40. The largest absolute Gasteiger partial charge is 0.480 e. The molecule has 10 aromatic rings. The van der Waals surface area contributed by atoms with Crippen LogP contribution in [0.4, 0.5) is 56.1 Å². The summed E-state index contributed by atoms with van der Waals surface area (Å²) in [6.07, 6.45) is 6.90. The molecule has 2 unspecified atom stereocenters. The molecule has 0 radical (unpaired) electrons. The number of aliphatic hydroxyl groups excluding tert-OH is 2. The molecule has 2 atom stereocenters. The first-order valence-electron chi connectivity index (χ1n) is 42.7. The number of para-hydroxylation sites is 2. The highest BCUT2D eigenvalue weighted by atomic mass is 19.1. The van der Waals surface area contributed by atoms with Crippen LogP contribution in [0.2, 0.25) is 0 Å². The van der Waals surface area contributed by atoms with Crippen LogP contribution in [0.5, 0.6) is 0 Å². The van der Waals surface area contributed by atoms with Gasteiger partial charge in [-0.3, -0.25) is 102 Å². The third-order valence-electron chi connectivity index (χ3n) is 22.6. The van der Waals surface area contributed by atoms with Crippen molar-refractivity contribution in [3.05, 3.63) is 238 Å². The van der Waals surface area contributed by atoms with Gasteiger partial charge in [0.25, 0.3) is 47.3 Å². The first kappa shape index (κ1) is 92.1. The normalized spacial score (nSPS) is 17.7. The molecule has 0 spiro atoms. The molecule has 678 valence electrons. The number of hydrogen-bond acceptors (Lipinski definition) is 23. The number of Topliss-reactive ketones (excluding diaryl/α,β-unsaturated/α-hetero) is 1. The standard InChI is InChI=1S/C47H43F2N7O8.C31H31F2N5O3.C15H13N3O6.CH3F/c48-35-18-25(32-21-33-38(22-36(32)49)52-24-34(44(61)54-27-19-29(58)20-27)42(33)53-26-8-3-1-4-9-26)13-14-30(35)43(60)50-17-6-2-5-10-28(57)23-51-37-12-7-11-31-41(37)47(64)56(46(31)63)39-15-16-40(59)55-45(39)62;32-26-12-18(8-9-22(26)30(40)35-11-5-4-10-34)23-15-24-28(16-27(23)33)36-17-25(31(41)38-20-13-21(39)14-20)29(24)37-19-6-2-1-3-7-19;19-10-5-4-9(13(22)17-10)18-14(23)7-2-1-3-8(12(7)15(18)24)16-6-11(20)21;1-2/h1,3-4,7-9,11-14,18,21-22,24,27,29,39,51,58H,2,5-6,10,15-17,19-20,23H2,(H,50,60)(H,52,53)(H,54,61)(H,55,59,62);1-3,6-9,12,15-17,20-21,39H,4-5,10-11,13-14,34H2,(H,35,40)(H,36,37)(H,38,41);1-3,9,16H,4-6H2,(H,20,21)(H,17,19,22);1H3/i;;;1D. The number of aliphatic hydroxyl groups is 2. The predicted molar refractivity (Wildman–Crippen MR) is 471 cm³/mol. The van der Waals surface area contributed by atoms with Gasteiger partial charge in [-0.15, -0.1) is 0 Å². The van der Waals surface area contributed by atoms with Crippen molar-refractivity contribution in [2.45, 2.75) is 126 Å². The summed E-state index contributed by atoms with van der Waals surface area (Å²) in [6, 6.07) is 37.9. The number of ketones is 1. The Hall–Kier alpha value is -15.1. The van der Waals surface area contributed by atoms with Crippen molar-refractivity contribution < 1.29 is 106 Å². The molecule has 6 aliphatic rings. The molecule has 2 saturated carbocycles. The summed E-state index contributed by atoms with van der Waals surface area (Å²) in [4.78, 5) is 185. The number of imide groups is 4. The minimum absolute atomic E-state index is 0.00511. The number of carbonyl (C=O) groups excluding carboxylic acids is 13. The molecule has 4 aliphatic heterocycles. The van der Waals surface area contributed by atoms with E-state index in [9.17, 15) is 81.7 Å². The monoisotopic (exact) mass is 1800 g/mol. The quantitative estimate of drug-likeness (QED) is 0.0113. The van der Waals surface area contributed by atoms with Gasteiger partial charge in [0.05, 0.1) is 94.2 Å². The fraction of sp³-hybridized carbons (Fsp3) is 0.277. The van der Waals surface area contributed by atoms with Crippen LogP contribution in [0.15, 0.2) is 170 Å². The van der Waals surface area contributed by atoms with E-state index >= 15 is 17.6 Å². The zero-order valence-electron chi connectivity index (χ0n) is 71.1. The number of alkyl halides is 1. The number of pyridine rings is 2. The molecule has 2 aliphatic carbocycles. The van der Waals surface area contributed by atoms with Crippen LogP contribution >= 0.6 is 0 Å². The number of carbonyl (C=O) groups is 14. The van der Waals surface area contributed by atoms with Crippen LogP contribution in [0, 0.1) is 23.3 Å². The number of hydrogen-bond donors (Lipinski definition) is 14. The fourth-order valence-corrected chi connectivity index (χ4v) is 15.8. The minimum atomic E-state index is -1.12. The Morgan fingerprint density at radius 1 is 0.481 bits per heavy atom. The van der Waals surface area contributed by atoms with E-state index in [1.54, 1.807) is 24.3 Å². The third-order valence-corrected chi connectivity index (χ3v) is 22.6. The molecular weight excluding hydrogens is 1710 g/mol. The summed E-state index contributed by atoms with van der Waals surface area (Å²) in [5.41, 5.74) is 9.46. The number of benzene rings is 8. The number of rotatable bonds is 30. The number of amides is 12. The Kier molecular flexibility index (Phi) is 29.7. The molecule has 32 nitrogen and oxygen atoms in total. The van der Waals surface area contributed by atoms with Crippen LogP contribution in [-0.2, 0) is 28.8 Å². The molecule has 37 heteroatoms. The maximum Gasteiger partial charge on any atom is 0.322 e. The summed E-state index contributed by atoms with van der Waals surface area (Å²) >= 11 is 0. The molecule has 12 amide bonds. The van der Waals surface area contributed by atoms with Gasteiger partial charge in [0.2, 0.25) is 23.6 Å². The van der Waals surface area contributed by atoms with Gasteiger partial charge in [0.15, 0.2) is 5.78 Å². The number of halogens is 5. The highest BCUT2D eigenvalue weighted by molar-refractivity contribution is 6.27. The number of carboxylic acids is 1. The van der Waals surface area contributed by atoms with Gasteiger partial charge >= 0.3 is 5.97 Å². The number of nitrogens with zero attached hydrogens (tertiary/aromatic N) is 4. The summed E-state index contributed by atoms with van der Waals surface area (Å²) in [5, 5.41) is 56.4. The Morgan fingerprint density at radius 2 is 0.901 bits per heavy atom. The van der Waals surface area contributed by atoms with Crippen LogP contribution in [-0.4, -0.2) is 194 Å². The van der Waals surface area contributed by atoms with Crippen molar-refractivity contribution in [1.29, 1.82) is 0 Å². The van der Waals surface area contributed by atoms with Gasteiger partial charge in [-0.2, -0.15) is 0 Å². The number of fused-ring (bicyclic) bond motifs is 4. The topological polar surface area (TPSA) is 478 Å². The van der Waals surface area contributed by atoms with E-state index in [-0.39, 0.29) is 153 Å². The van der Waals surface area contributed by atoms with E-state index in [1.165, 1.54) is 85.2 Å². The van der Waals surface area contributed by atoms with Crippen LogP contribution in [0.25, 0.3) is 44.1 Å². The average molecular weight is 1800 g/mol. The van der Waals surface area contributed by atoms with Crippen molar-refractivity contribution in [2.75, 3.05) is 61.1 Å². The molecule has 131 heavy (non-hydrogen) atoms. The van der Waals surface area contributed by atoms with Gasteiger partial charge in [-0.25, -0.2) is 17.6 Å². The molecule has 15 N–H and O–H groups in total. The minimum Gasteiger partial charge on any atom is -0.480 e. The highest BCUT2D eigenvalue weighted by Gasteiger charge is 2.48. The lowest BCUT2D eigenvalue weighted by molar-refractivity contribution is -0.137. The smallest absolute Gasteiger partial charge is 0.322 e. The van der Waals surface area contributed by atoms with Crippen molar-refractivity contribution in [2.24, 2.45) is 5.73 Å². The first-order valence-corrected chi connectivity index (χ1v) is 42.0. The summed E-state index contributed by atoms with van der Waals surface area (Å²) in [5.74, 6) is -11.3. The number of anilines is 6. The van der Waals surface area contributed by atoms with Gasteiger partial charge in [0, 0.05) is 114 Å². The number of nitrogens with two attached hydrogens (primary N) is 1. The Balaban J connectivity index is 0.000000185. The second kappa shape index (κ2) is 42.2. The zero-order valence-corrected chi connectivity index (χ0v) is 70.1. The van der Waals surface area contributed by atoms with Crippen LogP contribution in [0.1, 0.15) is 174 Å². The lowest BCUT2D eigenvalue weighted by atomic mass is 9.89. The van der Waals surface area contributed by atoms with Gasteiger partial charge < -0.3 is 63.6 Å². The number of piperidine rings is 2. The van der Waals surface area contributed by atoms with E-state index in [0.29, 0.717) is 103 Å². The second-order valence-electron chi connectivity index (χ2n) is 31.6. The maximum absolute atomic E-state index is 15.6. The van der Waals surface area contributed by atoms with Crippen molar-refractivity contribution in [1.82, 2.24) is 51.7 Å². The lowest BCUT2D eigenvalue weighted by Crippen LogP contribution is -2.54. The SMILES string of the molecule is NCCCCNC(=O)c1ccc(-c2cc3c(Nc4ccccc4)c(C(=O)NC4CC(O)C4)cnc3cc2F)cc1F.O=C(CCCCCNC(=O)c1ccc(-c2cc3c(Nc4ccccc4)c(C(=O)NC4CC(O)C4)cnc3cc2F)cc1F)CNc1cccc2c1C(=O)N(C1CCC(=O)NC1=O)C2=O.O=C(O)CNc1cccc2c1C(=O)N(C1CCC(=O)NC1=O)C2=O.[2H]CF. The summed E-state index contributed by atoms with van der Waals surface area (Å²) in [6.45, 7) is 0.529. The van der Waals surface area contributed by atoms with E-state index in [4.69, 9.17) is 12.2 Å². The van der Waals surface area contributed by atoms with Crippen molar-refractivity contribution >= 4 is 139 Å². The van der Waals surface area contributed by atoms with Gasteiger partial charge in [-0.1, -0.05) is 67.1 Å². The predicted octanol–water partition coefficient (Wildman–Crippen LogP) is 10.4. The summed E-state index contributed by atoms with van der Waals surface area (Å²) < 4.78 is 77.1. The van der Waals surface area contributed by atoms with Crippen LogP contribution in [0.3, 0.4) is 0 Å². The molecule has 16 rings (SSSR count). The maximum atomic E-state index is 15.6. The molecule has 6 heterocycles. The molecule has 2 saturated heterocycles. The number of aliphatic carboxylic acids is 1. The van der Waals surface area contributed by atoms with Crippen molar-refractivity contribution in [3.8, 4) is 22.3 Å². The van der Waals surface area contributed by atoms with E-state index in [0.717, 1.165) is 28.4 Å². The number of aromatic nitrogens is 2. The van der Waals surface area contributed by atoms with E-state index in [1.807, 2.05) is 48.5 Å². The lowest BCUT2D eigenvalue weighted by Gasteiger charge is -2.32. The Morgan fingerprint density at radius 3 is 1.30 bits per heavy atom. The molecule has 4 fully saturated rings. The number of unbranched alkanes of at least 4 members (excludes halogenated alkanes) is 3. The zero-order chi connectivity index (χ0) is 94.1. The fourth-order valence-electron chi connectivity index (χ4n) is 15.8. The molecular formula is C94H90F5N15O17. The first-order chi connectivity index (χ1) is 63.5. The Bertz CT molecular complexity index is 6210. The van der Waals surface area contributed by atoms with E-state index < -0.39 is 132 Å². The summed E-state index contributed by atoms with van der Waals surface area (Å²) in [7, 11) is -1.00. The third kappa shape index (κ3) is 21.7. The van der Waals surface area contributed by atoms with Crippen molar-refractivity contribution in [3.63, 3.8) is 0 Å². The molecule has 8 aromatic carbocycles. The van der Waals surface area contributed by atoms with E-state index in [2.05, 4.69) is 63.1 Å². The molecule has 2 aromatic heterocycles.